The molecule has 0 bridgehead atoms. The summed E-state index contributed by atoms with van der Waals surface area (Å²) in [5.74, 6) is 0. The molecule has 0 saturated heterocycles. The van der Waals surface area contributed by atoms with Crippen LogP contribution in [-0.2, 0) is 18.1 Å². The fourth-order valence-corrected chi connectivity index (χ4v) is 3.87. The molecule has 0 aliphatic heterocycles. The Kier molecular flexibility index (Phi) is 7.46. The Morgan fingerprint density at radius 1 is 1.27 bits per heavy atom. The van der Waals surface area contributed by atoms with E-state index in [1.807, 2.05) is 20.8 Å². The van der Waals surface area contributed by atoms with Gasteiger partial charge in [0.15, 0.2) is 0 Å². The van der Waals surface area contributed by atoms with Gasteiger partial charge in [0, 0.05) is 20.3 Å². The van der Waals surface area contributed by atoms with Crippen molar-refractivity contribution in [3.63, 3.8) is 0 Å². The van der Waals surface area contributed by atoms with Crippen LogP contribution in [-0.4, -0.2) is 40.9 Å². The standard InChI is InChI=1S/C9H19NO4Si/c1-5-9(10-8-11)15(12-4,13-6-2)14-7-3/h9H,5-7H2,1-4H3. The lowest BCUT2D eigenvalue weighted by Crippen LogP contribution is -2.54. The highest BCUT2D eigenvalue weighted by atomic mass is 28.4. The van der Waals surface area contributed by atoms with E-state index in [0.717, 1.165) is 0 Å². The van der Waals surface area contributed by atoms with Crippen LogP contribution < -0.4 is 0 Å². The van der Waals surface area contributed by atoms with Gasteiger partial charge in [-0.3, -0.25) is 0 Å². The summed E-state index contributed by atoms with van der Waals surface area (Å²) in [5.41, 5.74) is -0.361. The van der Waals surface area contributed by atoms with Crippen LogP contribution in [0.5, 0.6) is 0 Å². The molecule has 0 saturated carbocycles. The highest BCUT2D eigenvalue weighted by Gasteiger charge is 2.48. The van der Waals surface area contributed by atoms with Gasteiger partial charge in [-0.05, 0) is 20.3 Å². The Labute approximate surface area is 91.8 Å². The molecular weight excluding hydrogens is 214 g/mol. The quantitative estimate of drug-likeness (QED) is 0.360. The van der Waals surface area contributed by atoms with Crippen molar-refractivity contribution in [2.45, 2.75) is 32.9 Å². The van der Waals surface area contributed by atoms with Crippen molar-refractivity contribution < 1.29 is 18.1 Å². The summed E-state index contributed by atoms with van der Waals surface area (Å²) < 4.78 is 16.4. The average molecular weight is 233 g/mol. The van der Waals surface area contributed by atoms with E-state index in [4.69, 9.17) is 13.3 Å². The molecule has 0 radical (unpaired) electrons. The first kappa shape index (κ1) is 14.5. The summed E-state index contributed by atoms with van der Waals surface area (Å²) in [7, 11) is -1.32. The van der Waals surface area contributed by atoms with E-state index in [1.165, 1.54) is 7.11 Å². The topological polar surface area (TPSA) is 57.1 Å². The molecule has 0 spiro atoms. The summed E-state index contributed by atoms with van der Waals surface area (Å²) in [5, 5.41) is 0. The lowest BCUT2D eigenvalue weighted by atomic mass is 10.5. The molecule has 6 heteroatoms. The predicted octanol–water partition coefficient (Wildman–Crippen LogP) is 1.30. The SMILES string of the molecule is CCO[Si](OC)(OCC)C(CC)N=C=O. The molecule has 1 unspecified atom stereocenters. The van der Waals surface area contributed by atoms with Crippen molar-refractivity contribution in [3.05, 3.63) is 0 Å². The van der Waals surface area contributed by atoms with Crippen LogP contribution in [0.15, 0.2) is 4.99 Å². The Balaban J connectivity index is 4.89. The van der Waals surface area contributed by atoms with E-state index in [0.29, 0.717) is 19.6 Å². The molecule has 0 heterocycles. The van der Waals surface area contributed by atoms with Crippen LogP contribution in [0.2, 0.25) is 0 Å². The smallest absolute Gasteiger partial charge is 0.376 e. The highest BCUT2D eigenvalue weighted by Crippen LogP contribution is 2.19. The number of hydrogen-bond donors (Lipinski definition) is 0. The Hall–Kier alpha value is -0.523. The van der Waals surface area contributed by atoms with Crippen LogP contribution in [0.3, 0.4) is 0 Å². The zero-order valence-corrected chi connectivity index (χ0v) is 10.8. The van der Waals surface area contributed by atoms with Crippen molar-refractivity contribution in [3.8, 4) is 0 Å². The second-order valence-corrected chi connectivity index (χ2v) is 5.68. The second kappa shape index (κ2) is 7.73. The Morgan fingerprint density at radius 3 is 2.07 bits per heavy atom. The van der Waals surface area contributed by atoms with E-state index in [9.17, 15) is 4.79 Å². The lowest BCUT2D eigenvalue weighted by Gasteiger charge is -2.30. The van der Waals surface area contributed by atoms with Gasteiger partial charge in [0.1, 0.15) is 5.67 Å². The third kappa shape index (κ3) is 3.85. The molecule has 0 amide bonds. The number of carbonyl (C=O) groups excluding carboxylic acids is 1. The van der Waals surface area contributed by atoms with Crippen molar-refractivity contribution in [1.82, 2.24) is 0 Å². The molecule has 0 aromatic heterocycles. The normalized spacial score (nSPS) is 13.3. The molecule has 0 aromatic carbocycles. The number of hydrogen-bond acceptors (Lipinski definition) is 5. The zero-order chi connectivity index (χ0) is 11.7. The van der Waals surface area contributed by atoms with Gasteiger partial charge in [-0.25, -0.2) is 4.79 Å². The maximum absolute atomic E-state index is 10.3. The second-order valence-electron chi connectivity index (χ2n) is 2.82. The summed E-state index contributed by atoms with van der Waals surface area (Å²) in [6.45, 7) is 6.58. The zero-order valence-electron chi connectivity index (χ0n) is 9.78. The van der Waals surface area contributed by atoms with Gasteiger partial charge in [-0.1, -0.05) is 6.92 Å². The highest BCUT2D eigenvalue weighted by molar-refractivity contribution is 6.62. The Morgan fingerprint density at radius 2 is 1.80 bits per heavy atom. The number of isocyanates is 1. The van der Waals surface area contributed by atoms with Crippen LogP contribution in [0.1, 0.15) is 27.2 Å². The van der Waals surface area contributed by atoms with Crippen molar-refractivity contribution in [1.29, 1.82) is 0 Å². The van der Waals surface area contributed by atoms with E-state index in [-0.39, 0.29) is 5.67 Å². The maximum atomic E-state index is 10.3. The molecule has 0 N–H and O–H groups in total. The molecule has 0 aromatic rings. The number of nitrogens with zero attached hydrogens (tertiary/aromatic N) is 1. The summed E-state index contributed by atoms with van der Waals surface area (Å²) in [4.78, 5) is 14.0. The van der Waals surface area contributed by atoms with Gasteiger partial charge in [0.25, 0.3) is 0 Å². The lowest BCUT2D eigenvalue weighted by molar-refractivity contribution is 0.0769. The van der Waals surface area contributed by atoms with E-state index < -0.39 is 8.80 Å². The fourth-order valence-electron chi connectivity index (χ4n) is 1.37. The van der Waals surface area contributed by atoms with E-state index in [1.54, 1.807) is 6.08 Å². The number of rotatable bonds is 8. The molecule has 0 aliphatic carbocycles. The van der Waals surface area contributed by atoms with Crippen LogP contribution in [0.25, 0.3) is 0 Å². The van der Waals surface area contributed by atoms with E-state index >= 15 is 0 Å². The molecule has 5 nitrogen and oxygen atoms in total. The van der Waals surface area contributed by atoms with Gasteiger partial charge < -0.3 is 13.3 Å². The molecule has 15 heavy (non-hydrogen) atoms. The minimum Gasteiger partial charge on any atom is -0.376 e. The van der Waals surface area contributed by atoms with Gasteiger partial charge in [-0.2, -0.15) is 4.99 Å². The largest absolute Gasteiger partial charge is 0.527 e. The number of aliphatic imine (C=N–C) groups is 1. The van der Waals surface area contributed by atoms with Gasteiger partial charge in [-0.15, -0.1) is 0 Å². The first-order valence-corrected chi connectivity index (χ1v) is 6.90. The first-order chi connectivity index (χ1) is 7.20. The van der Waals surface area contributed by atoms with Crippen molar-refractivity contribution >= 4 is 14.9 Å². The molecule has 1 atom stereocenters. The minimum absolute atomic E-state index is 0.361. The first-order valence-electron chi connectivity index (χ1n) is 5.10. The van der Waals surface area contributed by atoms with E-state index in [2.05, 4.69) is 4.99 Å². The third-order valence-corrected chi connectivity index (χ3v) is 5.28. The molecular formula is C9H19NO4Si. The molecule has 88 valence electrons. The van der Waals surface area contributed by atoms with Crippen LogP contribution >= 0.6 is 0 Å². The van der Waals surface area contributed by atoms with Gasteiger partial charge in [0.2, 0.25) is 6.08 Å². The Bertz CT molecular complexity index is 212. The van der Waals surface area contributed by atoms with Gasteiger partial charge >= 0.3 is 8.80 Å². The monoisotopic (exact) mass is 233 g/mol. The van der Waals surface area contributed by atoms with Crippen LogP contribution in [0, 0.1) is 0 Å². The molecule has 0 aliphatic rings. The molecule has 0 rings (SSSR count). The van der Waals surface area contributed by atoms with Crippen LogP contribution in [0.4, 0.5) is 0 Å². The average Bonchev–Trinajstić information content (AvgIpc) is 2.25. The maximum Gasteiger partial charge on any atom is 0.527 e. The minimum atomic E-state index is -2.85. The predicted molar refractivity (Wildman–Crippen MR) is 58.2 cm³/mol. The fraction of sp³-hybridized carbons (Fsp3) is 0.889. The van der Waals surface area contributed by atoms with Gasteiger partial charge in [0.05, 0.1) is 0 Å². The third-order valence-electron chi connectivity index (χ3n) is 1.98. The summed E-state index contributed by atoms with van der Waals surface area (Å²) >= 11 is 0. The van der Waals surface area contributed by atoms with Crippen molar-refractivity contribution in [2.75, 3.05) is 20.3 Å². The summed E-state index contributed by atoms with van der Waals surface area (Å²) in [6, 6.07) is 0. The summed E-state index contributed by atoms with van der Waals surface area (Å²) in [6.07, 6.45) is 2.18. The molecule has 0 fully saturated rings. The van der Waals surface area contributed by atoms with Crippen molar-refractivity contribution in [2.24, 2.45) is 4.99 Å².